The molecule has 6 heteroatoms. The monoisotopic (exact) mass is 386 g/mol. The van der Waals surface area contributed by atoms with Gasteiger partial charge in [0.1, 0.15) is 11.6 Å². The molecule has 2 aromatic carbocycles. The first-order valence-corrected chi connectivity index (χ1v) is 9.28. The van der Waals surface area contributed by atoms with Gasteiger partial charge in [-0.2, -0.15) is 0 Å². The normalized spacial score (nSPS) is 10.7. The van der Waals surface area contributed by atoms with Gasteiger partial charge in [0.15, 0.2) is 0 Å². The number of amides is 1. The lowest BCUT2D eigenvalue weighted by atomic mass is 10.1. The fraction of sp³-hybridized carbons (Fsp3) is 0.0870. The van der Waals surface area contributed by atoms with E-state index in [1.54, 1.807) is 30.5 Å². The fourth-order valence-electron chi connectivity index (χ4n) is 3.02. The summed E-state index contributed by atoms with van der Waals surface area (Å²) in [7, 11) is 0. The summed E-state index contributed by atoms with van der Waals surface area (Å²) in [6.45, 7) is 0.464. The number of hydrogen-bond acceptors (Lipinski definition) is 4. The van der Waals surface area contributed by atoms with Crippen molar-refractivity contribution in [3.05, 3.63) is 96.1 Å². The summed E-state index contributed by atoms with van der Waals surface area (Å²) in [6, 6.07) is 19.5. The number of rotatable bonds is 6. The molecule has 0 unspecified atom stereocenters. The van der Waals surface area contributed by atoms with Crippen LogP contribution >= 0.6 is 0 Å². The predicted molar refractivity (Wildman–Crippen MR) is 112 cm³/mol. The van der Waals surface area contributed by atoms with E-state index in [-0.39, 0.29) is 11.7 Å². The van der Waals surface area contributed by atoms with Gasteiger partial charge in [-0.15, -0.1) is 0 Å². The minimum atomic E-state index is -0.267. The molecule has 0 saturated carbocycles. The van der Waals surface area contributed by atoms with Gasteiger partial charge in [0.25, 0.3) is 5.91 Å². The Hall–Kier alpha value is -3.80. The van der Waals surface area contributed by atoms with Crippen LogP contribution in [0.4, 0.5) is 15.9 Å². The van der Waals surface area contributed by atoms with Gasteiger partial charge in [-0.25, -0.2) is 9.37 Å². The van der Waals surface area contributed by atoms with Crippen LogP contribution in [-0.4, -0.2) is 22.4 Å². The fourth-order valence-corrected chi connectivity index (χ4v) is 3.02. The quantitative estimate of drug-likeness (QED) is 0.513. The summed E-state index contributed by atoms with van der Waals surface area (Å²) >= 11 is 0. The van der Waals surface area contributed by atoms with Gasteiger partial charge in [-0.05, 0) is 48.4 Å². The number of aromatic nitrogens is 2. The van der Waals surface area contributed by atoms with Gasteiger partial charge in [-0.1, -0.05) is 30.3 Å². The van der Waals surface area contributed by atoms with E-state index in [0.29, 0.717) is 24.3 Å². The van der Waals surface area contributed by atoms with E-state index >= 15 is 0 Å². The number of pyridine rings is 2. The Balaban J connectivity index is 1.37. The summed E-state index contributed by atoms with van der Waals surface area (Å²) in [5.74, 6) is 0.167. The zero-order chi connectivity index (χ0) is 20.1. The molecule has 2 heterocycles. The topological polar surface area (TPSA) is 66.9 Å². The van der Waals surface area contributed by atoms with Crippen molar-refractivity contribution >= 4 is 28.3 Å². The molecule has 0 spiro atoms. The van der Waals surface area contributed by atoms with Crippen molar-refractivity contribution in [3.8, 4) is 0 Å². The highest BCUT2D eigenvalue weighted by Gasteiger charge is 2.07. The van der Waals surface area contributed by atoms with Crippen LogP contribution in [0.3, 0.4) is 0 Å². The highest BCUT2D eigenvalue weighted by Crippen LogP contribution is 2.23. The summed E-state index contributed by atoms with van der Waals surface area (Å²) in [5, 5.41) is 7.14. The predicted octanol–water partition coefficient (Wildman–Crippen LogP) is 4.49. The Kier molecular flexibility index (Phi) is 5.42. The molecule has 4 aromatic rings. The minimum Gasteiger partial charge on any atom is -0.352 e. The molecule has 0 bridgehead atoms. The lowest BCUT2D eigenvalue weighted by Crippen LogP contribution is -2.25. The number of halogens is 1. The number of fused-ring (bicyclic) bond motifs is 1. The molecule has 144 valence electrons. The van der Waals surface area contributed by atoms with E-state index in [0.717, 1.165) is 22.2 Å². The standard InChI is InChI=1S/C23H19FN4O/c24-19-9-6-16(7-10-19)12-14-26-23(29)18-8-11-21(27-15-18)28-20-5-1-3-17-4-2-13-25-22(17)20/h1-11,13,15H,12,14H2,(H,26,29)(H,27,28). The van der Waals surface area contributed by atoms with Gasteiger partial charge in [-0.3, -0.25) is 9.78 Å². The van der Waals surface area contributed by atoms with Gasteiger partial charge in [0.05, 0.1) is 16.8 Å². The molecule has 1 amide bonds. The Labute approximate surface area is 167 Å². The van der Waals surface area contributed by atoms with Crippen LogP contribution in [-0.2, 0) is 6.42 Å². The average Bonchev–Trinajstić information content (AvgIpc) is 2.76. The highest BCUT2D eigenvalue weighted by atomic mass is 19.1. The third kappa shape index (κ3) is 4.55. The Morgan fingerprint density at radius 1 is 0.931 bits per heavy atom. The molecule has 0 radical (unpaired) electrons. The zero-order valence-corrected chi connectivity index (χ0v) is 15.6. The number of nitrogens with zero attached hydrogens (tertiary/aromatic N) is 2. The second-order valence-electron chi connectivity index (χ2n) is 6.57. The number of nitrogens with one attached hydrogen (secondary N) is 2. The molecule has 4 rings (SSSR count). The lowest BCUT2D eigenvalue weighted by molar-refractivity contribution is 0.0954. The summed E-state index contributed by atoms with van der Waals surface area (Å²) in [6.07, 6.45) is 3.92. The van der Waals surface area contributed by atoms with E-state index in [1.165, 1.54) is 18.3 Å². The van der Waals surface area contributed by atoms with Crippen LogP contribution in [0, 0.1) is 5.82 Å². The van der Waals surface area contributed by atoms with Crippen molar-refractivity contribution in [1.29, 1.82) is 0 Å². The maximum atomic E-state index is 12.9. The van der Waals surface area contributed by atoms with Crippen molar-refractivity contribution < 1.29 is 9.18 Å². The van der Waals surface area contributed by atoms with E-state index < -0.39 is 0 Å². The van der Waals surface area contributed by atoms with Crippen molar-refractivity contribution in [2.75, 3.05) is 11.9 Å². The Bertz CT molecular complexity index is 1120. The lowest BCUT2D eigenvalue weighted by Gasteiger charge is -2.09. The first-order chi connectivity index (χ1) is 14.2. The molecule has 29 heavy (non-hydrogen) atoms. The van der Waals surface area contributed by atoms with Gasteiger partial charge in [0.2, 0.25) is 0 Å². The number of hydrogen-bond donors (Lipinski definition) is 2. The molecule has 0 aliphatic carbocycles. The smallest absolute Gasteiger partial charge is 0.252 e. The van der Waals surface area contributed by atoms with Crippen molar-refractivity contribution in [2.24, 2.45) is 0 Å². The third-order valence-electron chi connectivity index (χ3n) is 4.53. The van der Waals surface area contributed by atoms with Gasteiger partial charge >= 0.3 is 0 Å². The highest BCUT2D eigenvalue weighted by molar-refractivity contribution is 5.94. The zero-order valence-electron chi connectivity index (χ0n) is 15.6. The van der Waals surface area contributed by atoms with E-state index in [1.807, 2.05) is 30.3 Å². The first-order valence-electron chi connectivity index (χ1n) is 9.28. The molecular weight excluding hydrogens is 367 g/mol. The number of anilines is 2. The third-order valence-corrected chi connectivity index (χ3v) is 4.53. The molecule has 0 aliphatic rings. The second-order valence-corrected chi connectivity index (χ2v) is 6.57. The largest absolute Gasteiger partial charge is 0.352 e. The van der Waals surface area contributed by atoms with Crippen LogP contribution in [0.15, 0.2) is 79.1 Å². The SMILES string of the molecule is O=C(NCCc1ccc(F)cc1)c1ccc(Nc2cccc3cccnc23)nc1. The van der Waals surface area contributed by atoms with E-state index in [9.17, 15) is 9.18 Å². The average molecular weight is 386 g/mol. The molecule has 5 nitrogen and oxygen atoms in total. The maximum absolute atomic E-state index is 12.9. The van der Waals surface area contributed by atoms with Gasteiger partial charge < -0.3 is 10.6 Å². The first kappa shape index (κ1) is 18.6. The molecule has 0 saturated heterocycles. The number of benzene rings is 2. The van der Waals surface area contributed by atoms with Gasteiger partial charge in [0, 0.05) is 24.3 Å². The van der Waals surface area contributed by atoms with Crippen LogP contribution < -0.4 is 10.6 Å². The van der Waals surface area contributed by atoms with Crippen molar-refractivity contribution in [1.82, 2.24) is 15.3 Å². The molecule has 0 atom stereocenters. The summed E-state index contributed by atoms with van der Waals surface area (Å²) in [5.41, 5.74) is 3.16. The van der Waals surface area contributed by atoms with Crippen LogP contribution in [0.2, 0.25) is 0 Å². The molecule has 2 aromatic heterocycles. The van der Waals surface area contributed by atoms with Crippen LogP contribution in [0.1, 0.15) is 15.9 Å². The molecule has 0 fully saturated rings. The van der Waals surface area contributed by atoms with E-state index in [4.69, 9.17) is 0 Å². The molecule has 2 N–H and O–H groups in total. The maximum Gasteiger partial charge on any atom is 0.252 e. The summed E-state index contributed by atoms with van der Waals surface area (Å²) < 4.78 is 12.9. The minimum absolute atomic E-state index is 0.196. The van der Waals surface area contributed by atoms with Crippen molar-refractivity contribution in [2.45, 2.75) is 6.42 Å². The molecular formula is C23H19FN4O. The summed E-state index contributed by atoms with van der Waals surface area (Å²) in [4.78, 5) is 21.0. The van der Waals surface area contributed by atoms with Crippen LogP contribution in [0.5, 0.6) is 0 Å². The van der Waals surface area contributed by atoms with E-state index in [2.05, 4.69) is 20.6 Å². The number of para-hydroxylation sites is 1. The Morgan fingerprint density at radius 2 is 1.76 bits per heavy atom. The second kappa shape index (κ2) is 8.48. The van der Waals surface area contributed by atoms with Crippen molar-refractivity contribution in [3.63, 3.8) is 0 Å². The molecule has 0 aliphatic heterocycles. The Morgan fingerprint density at radius 3 is 2.55 bits per heavy atom. The number of carbonyl (C=O) groups excluding carboxylic acids is 1. The van der Waals surface area contributed by atoms with Crippen LogP contribution in [0.25, 0.3) is 10.9 Å². The number of carbonyl (C=O) groups is 1.